The number of benzene rings is 1. The van der Waals surface area contributed by atoms with Crippen LogP contribution in [0.25, 0.3) is 5.70 Å². The zero-order chi connectivity index (χ0) is 10.7. The first kappa shape index (κ1) is 10.2. The van der Waals surface area contributed by atoms with Gasteiger partial charge in [-0.1, -0.05) is 0 Å². The van der Waals surface area contributed by atoms with Crippen LogP contribution in [-0.2, 0) is 0 Å². The number of nitro groups is 1. The van der Waals surface area contributed by atoms with Crippen molar-refractivity contribution in [3.8, 4) is 5.75 Å². The van der Waals surface area contributed by atoms with E-state index in [9.17, 15) is 14.5 Å². The lowest BCUT2D eigenvalue weighted by Crippen LogP contribution is -1.97. The maximum atomic E-state index is 13.1. The SMILES string of the molecule is C=C(c1ccc(OC)c(F)c1)[N+](=O)[O-]. The first-order chi connectivity index (χ1) is 6.56. The molecule has 14 heavy (non-hydrogen) atoms. The zero-order valence-electron chi connectivity index (χ0n) is 7.49. The largest absolute Gasteiger partial charge is 0.494 e. The van der Waals surface area contributed by atoms with Crippen LogP contribution in [0.15, 0.2) is 24.8 Å². The Hall–Kier alpha value is -1.91. The van der Waals surface area contributed by atoms with Crippen LogP contribution in [0.4, 0.5) is 4.39 Å². The lowest BCUT2D eigenvalue weighted by atomic mass is 10.1. The minimum atomic E-state index is -0.665. The van der Waals surface area contributed by atoms with E-state index in [4.69, 9.17) is 0 Å². The van der Waals surface area contributed by atoms with E-state index in [1.807, 2.05) is 0 Å². The standard InChI is InChI=1S/C9H8FNO3/c1-6(11(12)13)7-3-4-9(14-2)8(10)5-7/h3-5H,1H2,2H3. The quantitative estimate of drug-likeness (QED) is 0.550. The van der Waals surface area contributed by atoms with Crippen LogP contribution in [0.5, 0.6) is 5.75 Å². The number of methoxy groups -OCH3 is 1. The Morgan fingerprint density at radius 3 is 2.71 bits per heavy atom. The van der Waals surface area contributed by atoms with Gasteiger partial charge >= 0.3 is 0 Å². The summed E-state index contributed by atoms with van der Waals surface area (Å²) in [6, 6.07) is 3.72. The summed E-state index contributed by atoms with van der Waals surface area (Å²) in [5, 5.41) is 10.3. The molecule has 0 aliphatic carbocycles. The van der Waals surface area contributed by atoms with Gasteiger partial charge in [0.2, 0.25) is 0 Å². The fourth-order valence-electron chi connectivity index (χ4n) is 0.951. The molecule has 74 valence electrons. The molecular formula is C9H8FNO3. The molecule has 0 bridgehead atoms. The molecule has 1 aromatic rings. The van der Waals surface area contributed by atoms with E-state index in [-0.39, 0.29) is 17.0 Å². The second-order valence-corrected chi connectivity index (χ2v) is 2.55. The van der Waals surface area contributed by atoms with Crippen LogP contribution in [0, 0.1) is 15.9 Å². The van der Waals surface area contributed by atoms with Gasteiger partial charge in [-0.15, -0.1) is 0 Å². The molecule has 0 radical (unpaired) electrons. The number of ether oxygens (including phenoxy) is 1. The van der Waals surface area contributed by atoms with Crippen LogP contribution in [-0.4, -0.2) is 12.0 Å². The Labute approximate surface area is 79.8 Å². The van der Waals surface area contributed by atoms with Gasteiger partial charge in [0.05, 0.1) is 17.6 Å². The van der Waals surface area contributed by atoms with Crippen LogP contribution in [0.3, 0.4) is 0 Å². The third-order valence-electron chi connectivity index (χ3n) is 1.71. The molecule has 4 nitrogen and oxygen atoms in total. The molecule has 0 aromatic heterocycles. The maximum absolute atomic E-state index is 13.1. The van der Waals surface area contributed by atoms with Crippen molar-refractivity contribution in [3.05, 3.63) is 46.3 Å². The summed E-state index contributed by atoms with van der Waals surface area (Å²) in [6.07, 6.45) is 0. The van der Waals surface area contributed by atoms with E-state index in [1.165, 1.54) is 19.2 Å². The lowest BCUT2D eigenvalue weighted by Gasteiger charge is -2.02. The molecule has 1 aromatic carbocycles. The molecule has 5 heteroatoms. The highest BCUT2D eigenvalue weighted by Crippen LogP contribution is 2.21. The van der Waals surface area contributed by atoms with Crippen molar-refractivity contribution in [3.63, 3.8) is 0 Å². The summed E-state index contributed by atoms with van der Waals surface area (Å²) in [5.74, 6) is -0.599. The Balaban J connectivity index is 3.09. The van der Waals surface area contributed by atoms with Crippen molar-refractivity contribution in [1.82, 2.24) is 0 Å². The molecule has 0 saturated heterocycles. The van der Waals surface area contributed by atoms with Gasteiger partial charge in [-0.05, 0) is 24.8 Å². The van der Waals surface area contributed by atoms with Gasteiger partial charge in [0, 0.05) is 0 Å². The van der Waals surface area contributed by atoms with E-state index in [2.05, 4.69) is 11.3 Å². The highest BCUT2D eigenvalue weighted by atomic mass is 19.1. The Kier molecular flexibility index (Phi) is 2.81. The Bertz CT molecular complexity index is 390. The summed E-state index contributed by atoms with van der Waals surface area (Å²) >= 11 is 0. The van der Waals surface area contributed by atoms with Crippen molar-refractivity contribution in [2.45, 2.75) is 0 Å². The van der Waals surface area contributed by atoms with Crippen molar-refractivity contribution in [1.29, 1.82) is 0 Å². The first-order valence-electron chi connectivity index (χ1n) is 3.73. The van der Waals surface area contributed by atoms with Gasteiger partial charge in [-0.2, -0.15) is 0 Å². The Morgan fingerprint density at radius 2 is 2.29 bits per heavy atom. The number of nitrogens with zero attached hydrogens (tertiary/aromatic N) is 1. The second-order valence-electron chi connectivity index (χ2n) is 2.55. The molecule has 0 aliphatic heterocycles. The molecule has 0 N–H and O–H groups in total. The molecule has 0 saturated carbocycles. The van der Waals surface area contributed by atoms with Gasteiger partial charge in [-0.25, -0.2) is 4.39 Å². The van der Waals surface area contributed by atoms with E-state index >= 15 is 0 Å². The van der Waals surface area contributed by atoms with Crippen molar-refractivity contribution in [2.75, 3.05) is 7.11 Å². The molecule has 0 spiro atoms. The molecule has 0 aliphatic rings. The third kappa shape index (κ3) is 1.87. The van der Waals surface area contributed by atoms with E-state index < -0.39 is 10.7 Å². The van der Waals surface area contributed by atoms with Crippen LogP contribution in [0.1, 0.15) is 5.56 Å². The molecule has 0 heterocycles. The predicted molar refractivity (Wildman–Crippen MR) is 49.0 cm³/mol. The van der Waals surface area contributed by atoms with Gasteiger partial charge in [-0.3, -0.25) is 10.1 Å². The molecule has 0 unspecified atom stereocenters. The predicted octanol–water partition coefficient (Wildman–Crippen LogP) is 2.08. The van der Waals surface area contributed by atoms with Gasteiger partial charge < -0.3 is 4.74 Å². The smallest absolute Gasteiger partial charge is 0.269 e. The van der Waals surface area contributed by atoms with E-state index in [0.717, 1.165) is 6.07 Å². The number of hydrogen-bond acceptors (Lipinski definition) is 3. The highest BCUT2D eigenvalue weighted by Gasteiger charge is 2.13. The summed E-state index contributed by atoms with van der Waals surface area (Å²) < 4.78 is 17.8. The molecular weight excluding hydrogens is 189 g/mol. The lowest BCUT2D eigenvalue weighted by molar-refractivity contribution is -0.375. The fourth-order valence-corrected chi connectivity index (χ4v) is 0.951. The molecule has 1 rings (SSSR count). The molecule has 0 fully saturated rings. The first-order valence-corrected chi connectivity index (χ1v) is 3.73. The fraction of sp³-hybridized carbons (Fsp3) is 0.111. The van der Waals surface area contributed by atoms with Crippen LogP contribution < -0.4 is 4.74 Å². The van der Waals surface area contributed by atoms with E-state index in [1.54, 1.807) is 0 Å². The summed E-state index contributed by atoms with van der Waals surface area (Å²) in [4.78, 5) is 9.65. The topological polar surface area (TPSA) is 52.4 Å². The average Bonchev–Trinajstić information content (AvgIpc) is 2.16. The maximum Gasteiger partial charge on any atom is 0.269 e. The summed E-state index contributed by atoms with van der Waals surface area (Å²) in [6.45, 7) is 3.21. The van der Waals surface area contributed by atoms with Gasteiger partial charge in [0.15, 0.2) is 11.6 Å². The number of halogens is 1. The average molecular weight is 197 g/mol. The minimum Gasteiger partial charge on any atom is -0.494 e. The number of rotatable bonds is 3. The van der Waals surface area contributed by atoms with Crippen molar-refractivity contribution in [2.24, 2.45) is 0 Å². The third-order valence-corrected chi connectivity index (χ3v) is 1.71. The van der Waals surface area contributed by atoms with Crippen LogP contribution >= 0.6 is 0 Å². The normalized spacial score (nSPS) is 9.57. The van der Waals surface area contributed by atoms with Gasteiger partial charge in [0.25, 0.3) is 5.70 Å². The van der Waals surface area contributed by atoms with Crippen molar-refractivity contribution < 1.29 is 14.1 Å². The monoisotopic (exact) mass is 197 g/mol. The van der Waals surface area contributed by atoms with Crippen molar-refractivity contribution >= 4 is 5.70 Å². The number of hydrogen-bond donors (Lipinski definition) is 0. The summed E-state index contributed by atoms with van der Waals surface area (Å²) in [7, 11) is 1.32. The zero-order valence-corrected chi connectivity index (χ0v) is 7.49. The second kappa shape index (κ2) is 3.87. The Morgan fingerprint density at radius 1 is 1.64 bits per heavy atom. The summed E-state index contributed by atoms with van der Waals surface area (Å²) in [5.41, 5.74) is -0.208. The molecule has 0 atom stereocenters. The highest BCUT2D eigenvalue weighted by molar-refractivity contribution is 5.57. The van der Waals surface area contributed by atoms with Crippen LogP contribution in [0.2, 0.25) is 0 Å². The molecule has 0 amide bonds. The van der Waals surface area contributed by atoms with E-state index in [0.29, 0.717) is 0 Å². The minimum absolute atomic E-state index is 0.0462. The van der Waals surface area contributed by atoms with Gasteiger partial charge in [0.1, 0.15) is 0 Å².